The van der Waals surface area contributed by atoms with E-state index in [0.29, 0.717) is 18.7 Å². The Hall–Kier alpha value is -3.08. The average Bonchev–Trinajstić information content (AvgIpc) is 3.06. The second-order valence-corrected chi connectivity index (χ2v) is 5.92. The summed E-state index contributed by atoms with van der Waals surface area (Å²) in [5.74, 6) is -0.0551. The fourth-order valence-corrected chi connectivity index (χ4v) is 3.16. The maximum absolute atomic E-state index is 12.5. The van der Waals surface area contributed by atoms with Crippen LogP contribution in [0.5, 0.6) is 0 Å². The van der Waals surface area contributed by atoms with Crippen molar-refractivity contribution >= 4 is 22.4 Å². The second-order valence-electron chi connectivity index (χ2n) is 5.92. The van der Waals surface area contributed by atoms with Crippen molar-refractivity contribution in [3.05, 3.63) is 76.3 Å². The van der Waals surface area contributed by atoms with Crippen LogP contribution in [0.4, 0.5) is 0 Å². The number of carbonyl (C=O) groups excluding carboxylic acids is 1. The third-order valence-electron chi connectivity index (χ3n) is 4.46. The zero-order valence-electron chi connectivity index (χ0n) is 13.1. The predicted molar refractivity (Wildman–Crippen MR) is 93.9 cm³/mol. The molecule has 3 aromatic rings. The molecular formula is C19H17N3O2. The Morgan fingerprint density at radius 2 is 1.92 bits per heavy atom. The Balaban J connectivity index is 1.56. The number of nitrogens with one attached hydrogen (secondary N) is 2. The highest BCUT2D eigenvalue weighted by Crippen LogP contribution is 2.29. The first kappa shape index (κ1) is 14.5. The second kappa shape index (κ2) is 5.85. The Morgan fingerprint density at radius 1 is 1.04 bits per heavy atom. The van der Waals surface area contributed by atoms with Gasteiger partial charge in [0.25, 0.3) is 5.91 Å². The van der Waals surface area contributed by atoms with Gasteiger partial charge in [-0.05, 0) is 24.1 Å². The van der Waals surface area contributed by atoms with E-state index in [-0.39, 0.29) is 11.5 Å². The molecule has 120 valence electrons. The molecule has 2 N–H and O–H groups in total. The molecule has 1 aliphatic heterocycles. The summed E-state index contributed by atoms with van der Waals surface area (Å²) in [4.78, 5) is 31.2. The number of nitrogens with zero attached hydrogens (tertiary/aromatic N) is 1. The van der Waals surface area contributed by atoms with Crippen molar-refractivity contribution in [2.24, 2.45) is 0 Å². The highest BCUT2D eigenvalue weighted by atomic mass is 16.2. The van der Waals surface area contributed by atoms with Crippen LogP contribution in [0.15, 0.2) is 59.7 Å². The summed E-state index contributed by atoms with van der Waals surface area (Å²) in [6.45, 7) is 1.25. The molecule has 1 aliphatic rings. The summed E-state index contributed by atoms with van der Waals surface area (Å²) in [7, 11) is 0. The lowest BCUT2D eigenvalue weighted by Gasteiger charge is -2.26. The molecule has 0 atom stereocenters. The largest absolute Gasteiger partial charge is 0.361 e. The number of benzene rings is 1. The van der Waals surface area contributed by atoms with E-state index in [4.69, 9.17) is 0 Å². The maximum Gasteiger partial charge on any atom is 0.255 e. The summed E-state index contributed by atoms with van der Waals surface area (Å²) < 4.78 is 0. The molecule has 4 rings (SSSR count). The van der Waals surface area contributed by atoms with E-state index in [0.717, 1.165) is 11.9 Å². The minimum Gasteiger partial charge on any atom is -0.361 e. The smallest absolute Gasteiger partial charge is 0.255 e. The summed E-state index contributed by atoms with van der Waals surface area (Å²) in [5.41, 5.74) is 3.91. The van der Waals surface area contributed by atoms with E-state index in [9.17, 15) is 9.59 Å². The van der Waals surface area contributed by atoms with Crippen LogP contribution in [0.25, 0.3) is 16.5 Å². The van der Waals surface area contributed by atoms with Crippen molar-refractivity contribution in [3.8, 4) is 0 Å². The minimum atomic E-state index is -0.202. The molecule has 2 aromatic heterocycles. The molecule has 0 aliphatic carbocycles. The first-order valence-corrected chi connectivity index (χ1v) is 7.96. The zero-order valence-corrected chi connectivity index (χ0v) is 13.1. The van der Waals surface area contributed by atoms with Gasteiger partial charge in [-0.15, -0.1) is 0 Å². The van der Waals surface area contributed by atoms with Crippen molar-refractivity contribution in [1.29, 1.82) is 0 Å². The van der Waals surface area contributed by atoms with Crippen molar-refractivity contribution < 1.29 is 4.79 Å². The van der Waals surface area contributed by atoms with Gasteiger partial charge in [0.2, 0.25) is 5.56 Å². The van der Waals surface area contributed by atoms with E-state index < -0.39 is 0 Å². The van der Waals surface area contributed by atoms with Crippen LogP contribution in [0.1, 0.15) is 22.3 Å². The van der Waals surface area contributed by atoms with Gasteiger partial charge < -0.3 is 14.9 Å². The van der Waals surface area contributed by atoms with Crippen molar-refractivity contribution in [2.75, 3.05) is 13.1 Å². The van der Waals surface area contributed by atoms with Crippen LogP contribution < -0.4 is 5.56 Å². The zero-order chi connectivity index (χ0) is 16.5. The van der Waals surface area contributed by atoms with Gasteiger partial charge in [0.05, 0.1) is 5.56 Å². The van der Waals surface area contributed by atoms with E-state index in [2.05, 4.69) is 28.2 Å². The van der Waals surface area contributed by atoms with Gasteiger partial charge in [0, 0.05) is 48.0 Å². The van der Waals surface area contributed by atoms with Crippen LogP contribution in [0.3, 0.4) is 0 Å². The first-order chi connectivity index (χ1) is 11.7. The van der Waals surface area contributed by atoms with Crippen LogP contribution in [-0.2, 0) is 0 Å². The lowest BCUT2D eigenvalue weighted by molar-refractivity contribution is 0.0772. The Labute approximate surface area is 138 Å². The molecule has 3 heterocycles. The molecule has 0 radical (unpaired) electrons. The highest BCUT2D eigenvalue weighted by Gasteiger charge is 2.20. The highest BCUT2D eigenvalue weighted by molar-refractivity contribution is 5.96. The molecule has 0 fully saturated rings. The average molecular weight is 319 g/mol. The van der Waals surface area contributed by atoms with E-state index in [1.165, 1.54) is 28.8 Å². The Bertz CT molecular complexity index is 977. The molecule has 1 aromatic carbocycles. The molecule has 0 unspecified atom stereocenters. The van der Waals surface area contributed by atoms with Gasteiger partial charge in [-0.3, -0.25) is 9.59 Å². The first-order valence-electron chi connectivity index (χ1n) is 7.96. The molecule has 0 saturated carbocycles. The Kier molecular flexibility index (Phi) is 3.54. The van der Waals surface area contributed by atoms with Crippen LogP contribution in [0.2, 0.25) is 0 Å². The number of amides is 1. The topological polar surface area (TPSA) is 69.0 Å². The number of hydrogen-bond donors (Lipinski definition) is 2. The number of carbonyl (C=O) groups is 1. The lowest BCUT2D eigenvalue weighted by Crippen LogP contribution is -2.34. The fourth-order valence-electron chi connectivity index (χ4n) is 3.16. The molecule has 0 bridgehead atoms. The summed E-state index contributed by atoms with van der Waals surface area (Å²) in [5, 5.41) is 1.21. The quantitative estimate of drug-likeness (QED) is 0.762. The van der Waals surface area contributed by atoms with Gasteiger partial charge in [-0.25, -0.2) is 0 Å². The predicted octanol–water partition coefficient (Wildman–Crippen LogP) is 2.79. The Morgan fingerprint density at radius 3 is 2.67 bits per heavy atom. The molecule has 5 heteroatoms. The van der Waals surface area contributed by atoms with Crippen molar-refractivity contribution in [1.82, 2.24) is 14.9 Å². The molecule has 5 nitrogen and oxygen atoms in total. The van der Waals surface area contributed by atoms with E-state index in [1.54, 1.807) is 11.0 Å². The number of rotatable bonds is 2. The third kappa shape index (κ3) is 2.54. The summed E-state index contributed by atoms with van der Waals surface area (Å²) in [6, 6.07) is 11.2. The maximum atomic E-state index is 12.5. The number of aromatic amines is 2. The van der Waals surface area contributed by atoms with Crippen molar-refractivity contribution in [2.45, 2.75) is 6.42 Å². The minimum absolute atomic E-state index is 0.0551. The standard InChI is InChI=1S/C19H17N3O2/c23-18-6-5-14(11-21-18)19(24)22-9-7-13(8-10-22)16-12-20-17-4-2-1-3-15(16)17/h1-7,11-12,20H,8-10H2,(H,21,23). The molecule has 24 heavy (non-hydrogen) atoms. The van der Waals surface area contributed by atoms with E-state index >= 15 is 0 Å². The van der Waals surface area contributed by atoms with Crippen LogP contribution in [-0.4, -0.2) is 33.9 Å². The van der Waals surface area contributed by atoms with Gasteiger partial charge in [-0.2, -0.15) is 0 Å². The number of hydrogen-bond acceptors (Lipinski definition) is 2. The van der Waals surface area contributed by atoms with Gasteiger partial charge >= 0.3 is 0 Å². The number of aromatic nitrogens is 2. The normalized spacial score (nSPS) is 14.7. The van der Waals surface area contributed by atoms with Crippen LogP contribution in [0, 0.1) is 0 Å². The molecule has 0 saturated heterocycles. The summed E-state index contributed by atoms with van der Waals surface area (Å²) in [6.07, 6.45) is 6.44. The molecule has 0 spiro atoms. The number of para-hydroxylation sites is 1. The third-order valence-corrected chi connectivity index (χ3v) is 4.46. The SMILES string of the molecule is O=C(c1ccc(=O)[nH]c1)N1CC=C(c2c[nH]c3ccccc23)CC1. The van der Waals surface area contributed by atoms with Crippen molar-refractivity contribution in [3.63, 3.8) is 0 Å². The molecule has 1 amide bonds. The molecular weight excluding hydrogens is 302 g/mol. The number of H-pyrrole nitrogens is 2. The lowest BCUT2D eigenvalue weighted by atomic mass is 9.98. The van der Waals surface area contributed by atoms with Gasteiger partial charge in [-0.1, -0.05) is 24.3 Å². The number of pyridine rings is 1. The van der Waals surface area contributed by atoms with Gasteiger partial charge in [0.1, 0.15) is 0 Å². The van der Waals surface area contributed by atoms with Gasteiger partial charge in [0.15, 0.2) is 0 Å². The van der Waals surface area contributed by atoms with E-state index in [1.807, 2.05) is 18.3 Å². The monoisotopic (exact) mass is 319 g/mol. The summed E-state index contributed by atoms with van der Waals surface area (Å²) >= 11 is 0. The van der Waals surface area contributed by atoms with Crippen LogP contribution >= 0.6 is 0 Å². The fraction of sp³-hybridized carbons (Fsp3) is 0.158. The number of fused-ring (bicyclic) bond motifs is 1.